The molecule has 2 atom stereocenters. The summed E-state index contributed by atoms with van der Waals surface area (Å²) in [6.07, 6.45) is 4.16. The zero-order valence-electron chi connectivity index (χ0n) is 12.4. The Balaban J connectivity index is 4.29. The van der Waals surface area contributed by atoms with Gasteiger partial charge in [-0.05, 0) is 44.7 Å². The van der Waals surface area contributed by atoms with Gasteiger partial charge in [-0.1, -0.05) is 27.7 Å². The number of aliphatic hydroxyl groups is 1. The largest absolute Gasteiger partial charge is 0.396 e. The van der Waals surface area contributed by atoms with Crippen LogP contribution in [0.5, 0.6) is 0 Å². The molecule has 0 bridgehead atoms. The van der Waals surface area contributed by atoms with Crippen LogP contribution in [0.15, 0.2) is 0 Å². The molecule has 0 aromatic rings. The van der Waals surface area contributed by atoms with Crippen molar-refractivity contribution in [1.82, 2.24) is 4.90 Å². The van der Waals surface area contributed by atoms with Crippen molar-refractivity contribution in [2.45, 2.75) is 65.5 Å². The molecule has 0 amide bonds. The summed E-state index contributed by atoms with van der Waals surface area (Å²) in [5, 5.41) is 8.76. The van der Waals surface area contributed by atoms with E-state index in [0.717, 1.165) is 32.2 Å². The van der Waals surface area contributed by atoms with E-state index in [4.69, 9.17) is 10.8 Å². The van der Waals surface area contributed by atoms with Crippen molar-refractivity contribution in [2.24, 2.45) is 11.1 Å². The highest BCUT2D eigenvalue weighted by Crippen LogP contribution is 2.27. The van der Waals surface area contributed by atoms with E-state index in [-0.39, 0.29) is 11.5 Å². The summed E-state index contributed by atoms with van der Waals surface area (Å²) in [6, 6.07) is 0.652. The van der Waals surface area contributed by atoms with Gasteiger partial charge in [-0.15, -0.1) is 0 Å². The highest BCUT2D eigenvalue weighted by atomic mass is 16.2. The summed E-state index contributed by atoms with van der Waals surface area (Å²) in [5.74, 6) is 0. The van der Waals surface area contributed by atoms with Crippen LogP contribution >= 0.6 is 0 Å². The second-order valence-corrected chi connectivity index (χ2v) is 6.15. The molecule has 3 heteroatoms. The molecule has 3 N–H and O–H groups in total. The Morgan fingerprint density at radius 3 is 2.18 bits per heavy atom. The first-order valence-electron chi connectivity index (χ1n) is 6.91. The van der Waals surface area contributed by atoms with E-state index in [1.165, 1.54) is 0 Å². The summed E-state index contributed by atoms with van der Waals surface area (Å²) < 4.78 is 0. The number of hydrogen-bond donors (Lipinski definition) is 2. The predicted octanol–water partition coefficient (Wildman–Crippen LogP) is 2.23. The molecule has 17 heavy (non-hydrogen) atoms. The van der Waals surface area contributed by atoms with Crippen molar-refractivity contribution < 1.29 is 5.11 Å². The van der Waals surface area contributed by atoms with Gasteiger partial charge in [0, 0.05) is 18.7 Å². The van der Waals surface area contributed by atoms with Gasteiger partial charge in [-0.2, -0.15) is 0 Å². The quantitative estimate of drug-likeness (QED) is 0.644. The molecule has 3 nitrogen and oxygen atoms in total. The van der Waals surface area contributed by atoms with E-state index in [1.807, 2.05) is 0 Å². The lowest BCUT2D eigenvalue weighted by Gasteiger charge is -2.41. The summed E-state index contributed by atoms with van der Waals surface area (Å²) in [5.41, 5.74) is 6.46. The third-order valence-corrected chi connectivity index (χ3v) is 3.41. The minimum Gasteiger partial charge on any atom is -0.396 e. The van der Waals surface area contributed by atoms with Gasteiger partial charge in [-0.3, -0.25) is 0 Å². The van der Waals surface area contributed by atoms with Crippen molar-refractivity contribution >= 4 is 0 Å². The fourth-order valence-corrected chi connectivity index (χ4v) is 2.64. The topological polar surface area (TPSA) is 49.5 Å². The number of hydrogen-bond acceptors (Lipinski definition) is 3. The summed E-state index contributed by atoms with van der Waals surface area (Å²) in [7, 11) is 2.17. The zero-order valence-corrected chi connectivity index (χ0v) is 12.4. The normalized spacial score (nSPS) is 16.2. The minimum atomic E-state index is 0.209. The van der Waals surface area contributed by atoms with Gasteiger partial charge < -0.3 is 15.7 Å². The van der Waals surface area contributed by atoms with Crippen molar-refractivity contribution in [1.29, 1.82) is 0 Å². The van der Waals surface area contributed by atoms with Crippen LogP contribution < -0.4 is 5.73 Å². The van der Waals surface area contributed by atoms with Crippen LogP contribution in [0.4, 0.5) is 0 Å². The Morgan fingerprint density at radius 1 is 1.18 bits per heavy atom. The first-order valence-corrected chi connectivity index (χ1v) is 6.91. The Hall–Kier alpha value is -0.120. The van der Waals surface area contributed by atoms with E-state index in [9.17, 15) is 0 Å². The lowest BCUT2D eigenvalue weighted by molar-refractivity contribution is 0.0977. The first kappa shape index (κ1) is 16.9. The smallest absolute Gasteiger partial charge is 0.0431 e. The van der Waals surface area contributed by atoms with Gasteiger partial charge in [0.05, 0.1) is 0 Å². The van der Waals surface area contributed by atoms with Crippen LogP contribution in [0.3, 0.4) is 0 Å². The molecular formula is C14H32N2O. The van der Waals surface area contributed by atoms with Gasteiger partial charge in [0.15, 0.2) is 0 Å². The van der Waals surface area contributed by atoms with Crippen LogP contribution in [-0.4, -0.2) is 42.3 Å². The third kappa shape index (κ3) is 6.39. The average Bonchev–Trinajstić information content (AvgIpc) is 2.22. The Morgan fingerprint density at radius 2 is 1.76 bits per heavy atom. The second kappa shape index (κ2) is 8.06. The zero-order chi connectivity index (χ0) is 13.5. The minimum absolute atomic E-state index is 0.209. The molecule has 0 aliphatic heterocycles. The number of nitrogens with two attached hydrogens (primary N) is 1. The number of nitrogens with zero attached hydrogens (tertiary/aromatic N) is 1. The van der Waals surface area contributed by atoms with E-state index >= 15 is 0 Å². The van der Waals surface area contributed by atoms with Crippen LogP contribution in [0.25, 0.3) is 0 Å². The first-order chi connectivity index (χ1) is 7.84. The molecule has 104 valence electrons. The SMILES string of the molecule is CCC(N)C(N(C)CCCCCO)C(C)(C)C. The number of aliphatic hydroxyl groups excluding tert-OH is 1. The van der Waals surface area contributed by atoms with Gasteiger partial charge in [0.25, 0.3) is 0 Å². The van der Waals surface area contributed by atoms with E-state index in [2.05, 4.69) is 39.6 Å². The molecular weight excluding hydrogens is 212 g/mol. The van der Waals surface area contributed by atoms with Gasteiger partial charge in [-0.25, -0.2) is 0 Å². The fraction of sp³-hybridized carbons (Fsp3) is 1.00. The third-order valence-electron chi connectivity index (χ3n) is 3.41. The van der Waals surface area contributed by atoms with E-state index in [0.29, 0.717) is 12.6 Å². The highest BCUT2D eigenvalue weighted by molar-refractivity contribution is 4.89. The van der Waals surface area contributed by atoms with Crippen LogP contribution in [0, 0.1) is 5.41 Å². The molecule has 0 radical (unpaired) electrons. The van der Waals surface area contributed by atoms with Gasteiger partial charge >= 0.3 is 0 Å². The summed E-state index contributed by atoms with van der Waals surface area (Å²) in [4.78, 5) is 2.39. The lowest BCUT2D eigenvalue weighted by atomic mass is 9.80. The summed E-state index contributed by atoms with van der Waals surface area (Å²) in [6.45, 7) is 10.3. The van der Waals surface area contributed by atoms with E-state index in [1.54, 1.807) is 0 Å². The number of rotatable bonds is 8. The molecule has 0 saturated carbocycles. The molecule has 0 rings (SSSR count). The van der Waals surface area contributed by atoms with Crippen molar-refractivity contribution in [3.8, 4) is 0 Å². The van der Waals surface area contributed by atoms with Gasteiger partial charge in [0.1, 0.15) is 0 Å². The van der Waals surface area contributed by atoms with Crippen LogP contribution in [-0.2, 0) is 0 Å². The van der Waals surface area contributed by atoms with Crippen molar-refractivity contribution in [3.05, 3.63) is 0 Å². The maximum absolute atomic E-state index is 8.76. The molecule has 0 aliphatic rings. The van der Waals surface area contributed by atoms with Gasteiger partial charge in [0.2, 0.25) is 0 Å². The highest BCUT2D eigenvalue weighted by Gasteiger charge is 2.32. The number of unbranched alkanes of at least 4 members (excludes halogenated alkanes) is 2. The predicted molar refractivity (Wildman–Crippen MR) is 75.1 cm³/mol. The maximum Gasteiger partial charge on any atom is 0.0431 e. The lowest BCUT2D eigenvalue weighted by Crippen LogP contribution is -2.53. The van der Waals surface area contributed by atoms with Crippen molar-refractivity contribution in [3.63, 3.8) is 0 Å². The Kier molecular flexibility index (Phi) is 8.01. The molecule has 0 saturated heterocycles. The standard InChI is InChI=1S/C14H32N2O/c1-6-12(15)13(14(2,3)4)16(5)10-8-7-9-11-17/h12-13,17H,6-11,15H2,1-5H3. The second-order valence-electron chi connectivity index (χ2n) is 6.15. The van der Waals surface area contributed by atoms with Crippen molar-refractivity contribution in [2.75, 3.05) is 20.2 Å². The van der Waals surface area contributed by atoms with Crippen LogP contribution in [0.1, 0.15) is 53.4 Å². The maximum atomic E-state index is 8.76. The monoisotopic (exact) mass is 244 g/mol. The molecule has 0 aromatic heterocycles. The molecule has 0 aliphatic carbocycles. The molecule has 0 heterocycles. The number of likely N-dealkylation sites (N-methyl/N-ethyl adjacent to an activating group) is 1. The molecule has 0 fully saturated rings. The molecule has 0 aromatic carbocycles. The summed E-state index contributed by atoms with van der Waals surface area (Å²) >= 11 is 0. The average molecular weight is 244 g/mol. The molecule has 0 spiro atoms. The molecule has 2 unspecified atom stereocenters. The Labute approximate surface area is 107 Å². The van der Waals surface area contributed by atoms with E-state index < -0.39 is 0 Å². The Bertz CT molecular complexity index is 189. The fourth-order valence-electron chi connectivity index (χ4n) is 2.64. The van der Waals surface area contributed by atoms with Crippen LogP contribution in [0.2, 0.25) is 0 Å².